The molecule has 222 valence electrons. The third-order valence-corrected chi connectivity index (χ3v) is 10.6. The Kier molecular flexibility index (Phi) is 8.85. The number of hydrogen-bond donors (Lipinski definition) is 3. The highest BCUT2D eigenvalue weighted by atomic mass is 35.5. The van der Waals surface area contributed by atoms with Gasteiger partial charge in [0.2, 0.25) is 5.91 Å². The summed E-state index contributed by atoms with van der Waals surface area (Å²) in [7, 11) is -1.71. The van der Waals surface area contributed by atoms with E-state index in [1.54, 1.807) is 30.3 Å². The molecule has 42 heavy (non-hydrogen) atoms. The van der Waals surface area contributed by atoms with Gasteiger partial charge in [-0.1, -0.05) is 29.3 Å². The highest BCUT2D eigenvalue weighted by molar-refractivity contribution is 7.90. The van der Waals surface area contributed by atoms with Crippen LogP contribution in [0.1, 0.15) is 46.5 Å². The lowest BCUT2D eigenvalue weighted by atomic mass is 9.97. The molecular formula is C31H34Cl2N4O4S. The van der Waals surface area contributed by atoms with Crippen LogP contribution in [0.3, 0.4) is 0 Å². The van der Waals surface area contributed by atoms with Crippen LogP contribution in [-0.2, 0) is 31.6 Å². The maximum absolute atomic E-state index is 13.3. The number of aryl methyl sites for hydroxylation is 1. The summed E-state index contributed by atoms with van der Waals surface area (Å²) >= 11 is 12.5. The predicted octanol–water partition coefficient (Wildman–Crippen LogP) is 5.41. The van der Waals surface area contributed by atoms with Gasteiger partial charge in [0.25, 0.3) is 5.91 Å². The number of sulfone groups is 1. The number of nitrogens with one attached hydrogen (secondary N) is 3. The second-order valence-corrected chi connectivity index (χ2v) is 14.0. The molecule has 0 saturated carbocycles. The average molecular weight is 630 g/mol. The minimum absolute atomic E-state index is 0.0317. The number of nitrogens with zero attached hydrogens (tertiary/aromatic N) is 1. The minimum Gasteiger partial charge on any atom is -0.359 e. The fourth-order valence-corrected chi connectivity index (χ4v) is 7.68. The molecule has 0 unspecified atom stereocenters. The summed E-state index contributed by atoms with van der Waals surface area (Å²) in [5.41, 5.74) is 4.96. The zero-order valence-corrected chi connectivity index (χ0v) is 26.1. The summed E-state index contributed by atoms with van der Waals surface area (Å²) in [4.78, 5) is 31.4. The van der Waals surface area contributed by atoms with Crippen molar-refractivity contribution in [1.29, 1.82) is 0 Å². The van der Waals surface area contributed by atoms with E-state index in [1.807, 2.05) is 13.8 Å². The molecule has 1 aromatic heterocycles. The van der Waals surface area contributed by atoms with Crippen LogP contribution in [0.5, 0.6) is 0 Å². The van der Waals surface area contributed by atoms with Gasteiger partial charge in [-0.05, 0) is 100 Å². The Hall–Kier alpha value is -3.11. The van der Waals surface area contributed by atoms with Gasteiger partial charge in [0.15, 0.2) is 9.84 Å². The molecule has 3 aromatic rings. The number of halogens is 2. The third-order valence-electron chi connectivity index (χ3n) is 8.21. The lowest BCUT2D eigenvalue weighted by molar-refractivity contribution is -0.120. The van der Waals surface area contributed by atoms with Gasteiger partial charge in [0.05, 0.1) is 22.6 Å². The molecule has 0 aliphatic carbocycles. The quantitative estimate of drug-likeness (QED) is 0.289. The molecule has 3 N–H and O–H groups in total. The molecule has 2 aromatic carbocycles. The fourth-order valence-electron chi connectivity index (χ4n) is 5.56. The van der Waals surface area contributed by atoms with Crippen molar-refractivity contribution in [3.8, 4) is 0 Å². The molecule has 2 aliphatic heterocycles. The Morgan fingerprint density at radius 2 is 1.79 bits per heavy atom. The van der Waals surface area contributed by atoms with Gasteiger partial charge in [-0.2, -0.15) is 0 Å². The Morgan fingerprint density at radius 3 is 2.48 bits per heavy atom. The topological polar surface area (TPSA) is 111 Å². The van der Waals surface area contributed by atoms with Crippen molar-refractivity contribution >= 4 is 62.2 Å². The summed E-state index contributed by atoms with van der Waals surface area (Å²) in [6.07, 6.45) is 4.11. The summed E-state index contributed by atoms with van der Waals surface area (Å²) in [6, 6.07) is 9.40. The van der Waals surface area contributed by atoms with Crippen molar-refractivity contribution in [1.82, 2.24) is 15.2 Å². The van der Waals surface area contributed by atoms with Crippen LogP contribution in [0.4, 0.5) is 5.69 Å². The maximum atomic E-state index is 13.3. The molecule has 1 saturated heterocycles. The van der Waals surface area contributed by atoms with E-state index < -0.39 is 9.84 Å². The zero-order chi connectivity index (χ0) is 30.2. The van der Waals surface area contributed by atoms with E-state index in [0.717, 1.165) is 42.8 Å². The van der Waals surface area contributed by atoms with Gasteiger partial charge in [-0.3, -0.25) is 9.59 Å². The van der Waals surface area contributed by atoms with Crippen LogP contribution in [0.2, 0.25) is 10.0 Å². The number of hydrogen-bond acceptors (Lipinski definition) is 5. The third kappa shape index (κ3) is 6.44. The largest absolute Gasteiger partial charge is 0.359 e. The normalized spacial score (nSPS) is 17.0. The van der Waals surface area contributed by atoms with Crippen molar-refractivity contribution in [2.75, 3.05) is 32.0 Å². The van der Waals surface area contributed by atoms with Crippen LogP contribution in [0.25, 0.3) is 11.6 Å². The number of aromatic nitrogens is 1. The first-order chi connectivity index (χ1) is 19.9. The van der Waals surface area contributed by atoms with Gasteiger partial charge >= 0.3 is 0 Å². The molecule has 0 atom stereocenters. The van der Waals surface area contributed by atoms with Crippen LogP contribution in [0, 0.1) is 19.8 Å². The summed E-state index contributed by atoms with van der Waals surface area (Å²) in [5, 5.41) is 6.45. The highest BCUT2D eigenvalue weighted by Gasteiger charge is 2.28. The Morgan fingerprint density at radius 1 is 1.10 bits per heavy atom. The highest BCUT2D eigenvalue weighted by Crippen LogP contribution is 2.37. The van der Waals surface area contributed by atoms with E-state index in [9.17, 15) is 18.0 Å². The lowest BCUT2D eigenvalue weighted by Crippen LogP contribution is -2.37. The molecule has 0 bridgehead atoms. The summed E-state index contributed by atoms with van der Waals surface area (Å²) in [5.74, 6) is -0.244. The SMILES string of the molecule is Cc1[nH]c(/C=C2\C(=O)Nc3ccc(S(=O)(=O)Cc4c(Cl)cccc4Cl)cc32)c(C)c1CC(=O)NCC1CCN(C)CC1. The van der Waals surface area contributed by atoms with Crippen LogP contribution < -0.4 is 10.6 Å². The summed E-state index contributed by atoms with van der Waals surface area (Å²) in [6.45, 7) is 6.60. The number of fused-ring (bicyclic) bond motifs is 1. The monoisotopic (exact) mass is 628 g/mol. The average Bonchev–Trinajstić information content (AvgIpc) is 3.40. The van der Waals surface area contributed by atoms with E-state index in [4.69, 9.17) is 23.2 Å². The number of aromatic amines is 1. The van der Waals surface area contributed by atoms with Crippen molar-refractivity contribution in [2.45, 2.75) is 43.8 Å². The van der Waals surface area contributed by atoms with Crippen molar-refractivity contribution in [3.63, 3.8) is 0 Å². The lowest BCUT2D eigenvalue weighted by Gasteiger charge is -2.28. The molecule has 8 nitrogen and oxygen atoms in total. The van der Waals surface area contributed by atoms with Gasteiger partial charge in [0, 0.05) is 44.8 Å². The van der Waals surface area contributed by atoms with Crippen molar-refractivity contribution in [2.24, 2.45) is 5.92 Å². The molecule has 1 fully saturated rings. The molecule has 11 heteroatoms. The second-order valence-electron chi connectivity index (χ2n) is 11.2. The number of carbonyl (C=O) groups excluding carboxylic acids is 2. The van der Waals surface area contributed by atoms with Gasteiger partial charge < -0.3 is 20.5 Å². The maximum Gasteiger partial charge on any atom is 0.256 e. The molecule has 3 heterocycles. The van der Waals surface area contributed by atoms with Crippen molar-refractivity contribution < 1.29 is 18.0 Å². The number of carbonyl (C=O) groups is 2. The van der Waals surface area contributed by atoms with E-state index >= 15 is 0 Å². The number of likely N-dealkylation sites (tertiary alicyclic amines) is 1. The van der Waals surface area contributed by atoms with Gasteiger partial charge in [-0.25, -0.2) is 8.42 Å². The minimum atomic E-state index is -3.82. The van der Waals surface area contributed by atoms with E-state index in [0.29, 0.717) is 40.5 Å². The fraction of sp³-hybridized carbons (Fsp3) is 0.355. The molecule has 2 aliphatic rings. The Bertz CT molecular complexity index is 1670. The van der Waals surface area contributed by atoms with Crippen LogP contribution in [0.15, 0.2) is 41.3 Å². The first-order valence-corrected chi connectivity index (χ1v) is 16.3. The molecule has 0 radical (unpaired) electrons. The second kappa shape index (κ2) is 12.2. The van der Waals surface area contributed by atoms with E-state index in [1.165, 1.54) is 12.1 Å². The van der Waals surface area contributed by atoms with E-state index in [-0.39, 0.29) is 38.9 Å². The van der Waals surface area contributed by atoms with Crippen LogP contribution in [-0.4, -0.2) is 56.8 Å². The Balaban J connectivity index is 1.36. The number of piperidine rings is 1. The number of amides is 2. The molecule has 2 amide bonds. The molecule has 0 spiro atoms. The van der Waals surface area contributed by atoms with Crippen molar-refractivity contribution in [3.05, 3.63) is 80.1 Å². The summed E-state index contributed by atoms with van der Waals surface area (Å²) < 4.78 is 26.7. The number of anilines is 1. The first kappa shape index (κ1) is 30.4. The molecule has 5 rings (SSSR count). The van der Waals surface area contributed by atoms with Gasteiger partial charge in [0.1, 0.15) is 0 Å². The number of rotatable bonds is 8. The Labute approximate surface area is 256 Å². The smallest absolute Gasteiger partial charge is 0.256 e. The zero-order valence-electron chi connectivity index (χ0n) is 23.8. The standard InChI is InChI=1S/C31H34Cl2N4O4S/c1-18-22(15-30(38)34-16-20-9-11-37(3)12-10-20)19(2)35-29(18)14-24-23-13-21(7-8-28(23)36-31(24)39)42(40,41)17-25-26(32)5-4-6-27(25)33/h4-8,13-14,20,35H,9-12,15-17H2,1-3H3,(H,34,38)(H,36,39)/b24-14-. The predicted molar refractivity (Wildman–Crippen MR) is 167 cm³/mol. The van der Waals surface area contributed by atoms with Gasteiger partial charge in [-0.15, -0.1) is 0 Å². The number of benzene rings is 2. The molecular weight excluding hydrogens is 595 g/mol. The van der Waals surface area contributed by atoms with Crippen LogP contribution >= 0.6 is 23.2 Å². The number of H-pyrrole nitrogens is 1. The first-order valence-electron chi connectivity index (χ1n) is 13.9. The van der Waals surface area contributed by atoms with E-state index in [2.05, 4.69) is 27.6 Å².